The van der Waals surface area contributed by atoms with Crippen LogP contribution in [0.3, 0.4) is 0 Å². The number of anilines is 1. The van der Waals surface area contributed by atoms with Crippen molar-refractivity contribution in [1.29, 1.82) is 0 Å². The van der Waals surface area contributed by atoms with Crippen LogP contribution >= 0.6 is 11.3 Å². The standard InChI is InChI=1S/C26H33N3O5S/c1-4-5-16-34-20-8-6-19(7-9-20)25(30)29(13-12-28-14-17-33-18-15-28)26-27-23-21(31-2)10-11-22(32-3)24(23)35-26/h6-11H,4-5,12-18H2,1-3H3. The molecule has 1 aromatic heterocycles. The molecule has 9 heteroatoms. The first-order valence-electron chi connectivity index (χ1n) is 12.0. The Morgan fingerprint density at radius 2 is 1.80 bits per heavy atom. The number of carbonyl (C=O) groups is 1. The quantitative estimate of drug-likeness (QED) is 0.360. The molecule has 0 N–H and O–H groups in total. The summed E-state index contributed by atoms with van der Waals surface area (Å²) in [4.78, 5) is 22.6. The SMILES string of the molecule is CCCCOc1ccc(C(=O)N(CCN2CCOCC2)c2nc3c(OC)ccc(OC)c3s2)cc1. The molecule has 3 aromatic rings. The summed E-state index contributed by atoms with van der Waals surface area (Å²) in [5.74, 6) is 2.02. The second kappa shape index (κ2) is 12.2. The highest BCUT2D eigenvalue weighted by Gasteiger charge is 2.25. The van der Waals surface area contributed by atoms with E-state index in [4.69, 9.17) is 23.9 Å². The van der Waals surface area contributed by atoms with Gasteiger partial charge in [0.2, 0.25) is 0 Å². The number of benzene rings is 2. The second-order valence-electron chi connectivity index (χ2n) is 8.28. The molecule has 1 saturated heterocycles. The maximum Gasteiger partial charge on any atom is 0.260 e. The topological polar surface area (TPSA) is 73.4 Å². The summed E-state index contributed by atoms with van der Waals surface area (Å²) in [5.41, 5.74) is 1.28. The van der Waals surface area contributed by atoms with E-state index in [2.05, 4.69) is 11.8 Å². The third-order valence-electron chi connectivity index (χ3n) is 5.99. The Bertz CT molecular complexity index is 1070. The smallest absolute Gasteiger partial charge is 0.260 e. The highest BCUT2D eigenvalue weighted by atomic mass is 32.1. The van der Waals surface area contributed by atoms with Crippen LogP contribution in [0, 0.1) is 0 Å². The fourth-order valence-electron chi connectivity index (χ4n) is 3.92. The molecule has 2 heterocycles. The van der Waals surface area contributed by atoms with Crippen molar-refractivity contribution < 1.29 is 23.7 Å². The first-order valence-corrected chi connectivity index (χ1v) is 12.8. The zero-order valence-corrected chi connectivity index (χ0v) is 21.4. The maximum absolute atomic E-state index is 13.7. The summed E-state index contributed by atoms with van der Waals surface area (Å²) in [6.45, 7) is 7.18. The number of carbonyl (C=O) groups excluding carboxylic acids is 1. The Morgan fingerprint density at radius 1 is 1.09 bits per heavy atom. The minimum Gasteiger partial charge on any atom is -0.495 e. The van der Waals surface area contributed by atoms with Gasteiger partial charge >= 0.3 is 0 Å². The lowest BCUT2D eigenvalue weighted by Gasteiger charge is -2.29. The van der Waals surface area contributed by atoms with E-state index in [0.717, 1.165) is 42.9 Å². The summed E-state index contributed by atoms with van der Waals surface area (Å²) in [6, 6.07) is 11.0. The molecule has 0 bridgehead atoms. The molecule has 0 spiro atoms. The van der Waals surface area contributed by atoms with E-state index in [1.807, 2.05) is 36.4 Å². The van der Waals surface area contributed by atoms with E-state index in [-0.39, 0.29) is 5.91 Å². The van der Waals surface area contributed by atoms with Crippen LogP contribution < -0.4 is 19.1 Å². The molecule has 0 unspecified atom stereocenters. The van der Waals surface area contributed by atoms with Crippen molar-refractivity contribution in [3.8, 4) is 17.2 Å². The van der Waals surface area contributed by atoms with Crippen molar-refractivity contribution in [1.82, 2.24) is 9.88 Å². The fraction of sp³-hybridized carbons (Fsp3) is 0.462. The molecule has 8 nitrogen and oxygen atoms in total. The Kier molecular flexibility index (Phi) is 8.79. The van der Waals surface area contributed by atoms with Gasteiger partial charge in [0.1, 0.15) is 27.5 Å². The van der Waals surface area contributed by atoms with Crippen molar-refractivity contribution >= 4 is 32.6 Å². The van der Waals surface area contributed by atoms with Gasteiger partial charge in [0.15, 0.2) is 5.13 Å². The van der Waals surface area contributed by atoms with E-state index < -0.39 is 0 Å². The predicted octanol–water partition coefficient (Wildman–Crippen LogP) is 4.47. The van der Waals surface area contributed by atoms with E-state index in [1.165, 1.54) is 11.3 Å². The Hall–Kier alpha value is -2.88. The number of rotatable bonds is 11. The van der Waals surface area contributed by atoms with Crippen molar-refractivity contribution in [2.45, 2.75) is 19.8 Å². The van der Waals surface area contributed by atoms with E-state index in [0.29, 0.717) is 54.1 Å². The van der Waals surface area contributed by atoms with Crippen molar-refractivity contribution in [2.75, 3.05) is 65.1 Å². The van der Waals surface area contributed by atoms with Gasteiger partial charge in [0.25, 0.3) is 5.91 Å². The minimum absolute atomic E-state index is 0.102. The van der Waals surface area contributed by atoms with Crippen LogP contribution in [0.25, 0.3) is 10.2 Å². The lowest BCUT2D eigenvalue weighted by Crippen LogP contribution is -2.43. The van der Waals surface area contributed by atoms with Gasteiger partial charge in [-0.1, -0.05) is 24.7 Å². The molecule has 1 amide bonds. The Labute approximate surface area is 210 Å². The number of ether oxygens (including phenoxy) is 4. The second-order valence-corrected chi connectivity index (χ2v) is 9.26. The molecule has 2 aromatic carbocycles. The van der Waals surface area contributed by atoms with Gasteiger partial charge in [-0.25, -0.2) is 4.98 Å². The highest BCUT2D eigenvalue weighted by Crippen LogP contribution is 2.40. The number of methoxy groups -OCH3 is 2. The molecule has 4 rings (SSSR count). The third-order valence-corrected chi connectivity index (χ3v) is 7.08. The molecule has 188 valence electrons. The summed E-state index contributed by atoms with van der Waals surface area (Å²) in [5, 5.41) is 0.615. The van der Waals surface area contributed by atoms with E-state index in [9.17, 15) is 4.79 Å². The normalized spacial score (nSPS) is 14.1. The van der Waals surface area contributed by atoms with Crippen molar-refractivity contribution in [2.24, 2.45) is 0 Å². The molecule has 0 radical (unpaired) electrons. The number of aromatic nitrogens is 1. The summed E-state index contributed by atoms with van der Waals surface area (Å²) < 4.78 is 23.2. The lowest BCUT2D eigenvalue weighted by molar-refractivity contribution is 0.0391. The van der Waals surface area contributed by atoms with Crippen LogP contribution in [0.1, 0.15) is 30.1 Å². The number of fused-ring (bicyclic) bond motifs is 1. The summed E-state index contributed by atoms with van der Waals surface area (Å²) >= 11 is 1.43. The van der Waals surface area contributed by atoms with E-state index >= 15 is 0 Å². The molecule has 1 fully saturated rings. The molecule has 35 heavy (non-hydrogen) atoms. The number of amides is 1. The number of hydrogen-bond donors (Lipinski definition) is 0. The summed E-state index contributed by atoms with van der Waals surface area (Å²) in [6.07, 6.45) is 2.08. The van der Waals surface area contributed by atoms with Crippen molar-refractivity contribution in [3.05, 3.63) is 42.0 Å². The Balaban J connectivity index is 1.62. The fourth-order valence-corrected chi connectivity index (χ4v) is 5.02. The zero-order valence-electron chi connectivity index (χ0n) is 20.6. The first kappa shape index (κ1) is 25.2. The first-order chi connectivity index (χ1) is 17.1. The number of morpholine rings is 1. The zero-order chi connectivity index (χ0) is 24.6. The Morgan fingerprint density at radius 3 is 2.49 bits per heavy atom. The monoisotopic (exact) mass is 499 g/mol. The number of hydrogen-bond acceptors (Lipinski definition) is 8. The predicted molar refractivity (Wildman–Crippen MR) is 139 cm³/mol. The van der Waals surface area contributed by atoms with Gasteiger partial charge in [0, 0.05) is 31.7 Å². The lowest BCUT2D eigenvalue weighted by atomic mass is 10.2. The van der Waals surface area contributed by atoms with Gasteiger partial charge in [-0.05, 0) is 42.8 Å². The van der Waals surface area contributed by atoms with Gasteiger partial charge in [-0.3, -0.25) is 14.6 Å². The average molecular weight is 500 g/mol. The average Bonchev–Trinajstić information content (AvgIpc) is 3.34. The minimum atomic E-state index is -0.102. The van der Waals surface area contributed by atoms with E-state index in [1.54, 1.807) is 19.1 Å². The van der Waals surface area contributed by atoms with Crippen LogP contribution in [-0.2, 0) is 4.74 Å². The molecular formula is C26H33N3O5S. The van der Waals surface area contributed by atoms with Crippen LogP contribution in [0.2, 0.25) is 0 Å². The third kappa shape index (κ3) is 6.04. The van der Waals surface area contributed by atoms with Crippen molar-refractivity contribution in [3.63, 3.8) is 0 Å². The highest BCUT2D eigenvalue weighted by molar-refractivity contribution is 7.22. The molecular weight excluding hydrogens is 466 g/mol. The van der Waals surface area contributed by atoms with Gasteiger partial charge in [0.05, 0.1) is 34.0 Å². The number of nitrogens with zero attached hydrogens (tertiary/aromatic N) is 3. The summed E-state index contributed by atoms with van der Waals surface area (Å²) in [7, 11) is 3.25. The van der Waals surface area contributed by atoms with Gasteiger partial charge < -0.3 is 18.9 Å². The molecule has 0 saturated carbocycles. The van der Waals surface area contributed by atoms with Crippen LogP contribution in [0.15, 0.2) is 36.4 Å². The van der Waals surface area contributed by atoms with Crippen LogP contribution in [-0.4, -0.2) is 76.0 Å². The van der Waals surface area contributed by atoms with Crippen LogP contribution in [0.5, 0.6) is 17.2 Å². The molecule has 0 atom stereocenters. The molecule has 1 aliphatic heterocycles. The largest absolute Gasteiger partial charge is 0.495 e. The van der Waals surface area contributed by atoms with Crippen LogP contribution in [0.4, 0.5) is 5.13 Å². The van der Waals surface area contributed by atoms with Gasteiger partial charge in [-0.2, -0.15) is 0 Å². The number of thiazole rings is 1. The van der Waals surface area contributed by atoms with Gasteiger partial charge in [-0.15, -0.1) is 0 Å². The number of unbranched alkanes of at least 4 members (excludes halogenated alkanes) is 1. The molecule has 1 aliphatic rings. The maximum atomic E-state index is 13.7. The molecule has 0 aliphatic carbocycles.